The van der Waals surface area contributed by atoms with Gasteiger partial charge in [0.1, 0.15) is 6.33 Å². The summed E-state index contributed by atoms with van der Waals surface area (Å²) in [5.74, 6) is 1.43. The van der Waals surface area contributed by atoms with Crippen LogP contribution in [-0.4, -0.2) is 28.6 Å². The van der Waals surface area contributed by atoms with Gasteiger partial charge in [-0.15, -0.1) is 11.3 Å². The molecule has 1 N–H and O–H groups in total. The van der Waals surface area contributed by atoms with Crippen LogP contribution in [0.4, 0.5) is 5.82 Å². The molecule has 2 aromatic heterocycles. The van der Waals surface area contributed by atoms with Crippen LogP contribution in [0.1, 0.15) is 44.1 Å². The Bertz CT molecular complexity index is 604. The fourth-order valence-corrected chi connectivity index (χ4v) is 2.95. The standard InChI is InChI=1S/C15H22N4OS/c1-6-16-14-13(20-5)10(17-9-18-14)7-12-19-11(8-21-12)15(2,3)4/h8-9H,6-7H2,1-5H3,(H,16,17,18). The lowest BCUT2D eigenvalue weighted by molar-refractivity contribution is 0.407. The minimum absolute atomic E-state index is 0.0689. The molecule has 6 heteroatoms. The van der Waals surface area contributed by atoms with Gasteiger partial charge >= 0.3 is 0 Å². The van der Waals surface area contributed by atoms with E-state index in [-0.39, 0.29) is 5.41 Å². The fourth-order valence-electron chi connectivity index (χ4n) is 1.92. The van der Waals surface area contributed by atoms with Gasteiger partial charge < -0.3 is 10.1 Å². The van der Waals surface area contributed by atoms with Crippen LogP contribution in [0.2, 0.25) is 0 Å². The molecular formula is C15H22N4OS. The van der Waals surface area contributed by atoms with Crippen LogP contribution in [0.15, 0.2) is 11.7 Å². The summed E-state index contributed by atoms with van der Waals surface area (Å²) >= 11 is 1.66. The summed E-state index contributed by atoms with van der Waals surface area (Å²) in [7, 11) is 1.64. The van der Waals surface area contributed by atoms with Gasteiger partial charge in [0.15, 0.2) is 11.6 Å². The van der Waals surface area contributed by atoms with Gasteiger partial charge in [-0.1, -0.05) is 20.8 Å². The van der Waals surface area contributed by atoms with Crippen molar-refractivity contribution in [1.82, 2.24) is 15.0 Å². The minimum atomic E-state index is 0.0689. The summed E-state index contributed by atoms with van der Waals surface area (Å²) in [6.07, 6.45) is 2.22. The van der Waals surface area contributed by atoms with E-state index in [1.807, 2.05) is 6.92 Å². The SMILES string of the molecule is CCNc1ncnc(Cc2nc(C(C)(C)C)cs2)c1OC. The second-order valence-corrected chi connectivity index (χ2v) is 6.73. The second-order valence-electron chi connectivity index (χ2n) is 5.79. The zero-order chi connectivity index (χ0) is 15.5. The van der Waals surface area contributed by atoms with E-state index < -0.39 is 0 Å². The summed E-state index contributed by atoms with van der Waals surface area (Å²) in [6, 6.07) is 0. The van der Waals surface area contributed by atoms with Crippen LogP contribution in [0.3, 0.4) is 0 Å². The first-order valence-corrected chi connectivity index (χ1v) is 7.90. The van der Waals surface area contributed by atoms with E-state index in [9.17, 15) is 0 Å². The Morgan fingerprint density at radius 1 is 1.29 bits per heavy atom. The number of methoxy groups -OCH3 is 1. The van der Waals surface area contributed by atoms with Crippen LogP contribution in [0.25, 0.3) is 0 Å². The van der Waals surface area contributed by atoms with Crippen molar-refractivity contribution in [3.8, 4) is 5.75 Å². The zero-order valence-corrected chi connectivity index (χ0v) is 14.0. The van der Waals surface area contributed by atoms with Crippen molar-refractivity contribution < 1.29 is 4.74 Å². The van der Waals surface area contributed by atoms with Gasteiger partial charge in [-0.25, -0.2) is 15.0 Å². The van der Waals surface area contributed by atoms with Gasteiger partial charge in [-0.3, -0.25) is 0 Å². The van der Waals surface area contributed by atoms with Crippen LogP contribution in [-0.2, 0) is 11.8 Å². The molecule has 0 fully saturated rings. The maximum absolute atomic E-state index is 5.46. The van der Waals surface area contributed by atoms with Crippen molar-refractivity contribution >= 4 is 17.2 Å². The van der Waals surface area contributed by atoms with Gasteiger partial charge in [0.05, 0.1) is 23.5 Å². The number of nitrogens with zero attached hydrogens (tertiary/aromatic N) is 3. The van der Waals surface area contributed by atoms with E-state index in [2.05, 4.69) is 41.4 Å². The predicted molar refractivity (Wildman–Crippen MR) is 86.4 cm³/mol. The molecule has 2 rings (SSSR count). The van der Waals surface area contributed by atoms with Crippen molar-refractivity contribution in [3.63, 3.8) is 0 Å². The molecule has 5 nitrogen and oxygen atoms in total. The Labute approximate surface area is 129 Å². The molecule has 0 spiro atoms. The van der Waals surface area contributed by atoms with Crippen molar-refractivity contribution in [3.05, 3.63) is 28.1 Å². The monoisotopic (exact) mass is 306 g/mol. The second kappa shape index (κ2) is 6.39. The largest absolute Gasteiger partial charge is 0.491 e. The van der Waals surface area contributed by atoms with E-state index in [0.29, 0.717) is 12.2 Å². The van der Waals surface area contributed by atoms with Crippen LogP contribution in [0.5, 0.6) is 5.75 Å². The number of ether oxygens (including phenoxy) is 1. The fraction of sp³-hybridized carbons (Fsp3) is 0.533. The first kappa shape index (κ1) is 15.7. The molecule has 0 saturated heterocycles. The highest BCUT2D eigenvalue weighted by atomic mass is 32.1. The molecule has 2 aromatic rings. The lowest BCUT2D eigenvalue weighted by Gasteiger charge is -2.14. The Kier molecular flexibility index (Phi) is 4.77. The average Bonchev–Trinajstić information content (AvgIpc) is 2.88. The number of aromatic nitrogens is 3. The van der Waals surface area contributed by atoms with Crippen molar-refractivity contribution in [1.29, 1.82) is 0 Å². The number of rotatable bonds is 5. The normalized spacial score (nSPS) is 11.5. The summed E-state index contributed by atoms with van der Waals surface area (Å²) in [5, 5.41) is 6.35. The van der Waals surface area contributed by atoms with E-state index >= 15 is 0 Å². The maximum Gasteiger partial charge on any atom is 0.183 e. The highest BCUT2D eigenvalue weighted by Gasteiger charge is 2.19. The minimum Gasteiger partial charge on any atom is -0.491 e. The summed E-state index contributed by atoms with van der Waals surface area (Å²) in [6.45, 7) is 9.32. The molecule has 0 aliphatic carbocycles. The van der Waals surface area contributed by atoms with E-state index in [4.69, 9.17) is 9.72 Å². The summed E-state index contributed by atoms with van der Waals surface area (Å²) in [5.41, 5.74) is 2.04. The molecule has 0 atom stereocenters. The number of thiazole rings is 1. The molecule has 0 amide bonds. The van der Waals surface area contributed by atoms with Crippen molar-refractivity contribution in [2.75, 3.05) is 19.0 Å². The van der Waals surface area contributed by atoms with Crippen molar-refractivity contribution in [2.24, 2.45) is 0 Å². The number of anilines is 1. The molecule has 0 saturated carbocycles. The van der Waals surface area contributed by atoms with E-state index in [1.165, 1.54) is 0 Å². The molecule has 0 aromatic carbocycles. The predicted octanol–water partition coefficient (Wildman–Crippen LogP) is 3.26. The van der Waals surface area contributed by atoms with Gasteiger partial charge in [-0.2, -0.15) is 0 Å². The Morgan fingerprint density at radius 2 is 2.05 bits per heavy atom. The molecule has 2 heterocycles. The third-order valence-corrected chi connectivity index (χ3v) is 3.91. The van der Waals surface area contributed by atoms with Crippen LogP contribution < -0.4 is 10.1 Å². The number of nitrogens with one attached hydrogen (secondary N) is 1. The van der Waals surface area contributed by atoms with E-state index in [0.717, 1.165) is 28.8 Å². The zero-order valence-electron chi connectivity index (χ0n) is 13.2. The smallest absolute Gasteiger partial charge is 0.183 e. The number of hydrogen-bond donors (Lipinski definition) is 1. The Balaban J connectivity index is 2.27. The first-order valence-electron chi connectivity index (χ1n) is 7.02. The highest BCUT2D eigenvalue weighted by molar-refractivity contribution is 7.09. The molecule has 0 aliphatic rings. The Hall–Kier alpha value is -1.69. The van der Waals surface area contributed by atoms with Gasteiger partial charge in [0, 0.05) is 23.8 Å². The number of hydrogen-bond acceptors (Lipinski definition) is 6. The summed E-state index contributed by atoms with van der Waals surface area (Å²) in [4.78, 5) is 13.3. The van der Waals surface area contributed by atoms with Crippen LogP contribution in [0, 0.1) is 0 Å². The molecule has 0 radical (unpaired) electrons. The third kappa shape index (κ3) is 3.69. The Morgan fingerprint density at radius 3 is 2.62 bits per heavy atom. The average molecular weight is 306 g/mol. The lowest BCUT2D eigenvalue weighted by Crippen LogP contribution is -2.11. The first-order chi connectivity index (χ1) is 9.95. The lowest BCUT2D eigenvalue weighted by atomic mass is 9.93. The topological polar surface area (TPSA) is 59.9 Å². The molecule has 0 unspecified atom stereocenters. The van der Waals surface area contributed by atoms with Crippen molar-refractivity contribution in [2.45, 2.75) is 39.5 Å². The van der Waals surface area contributed by atoms with Gasteiger partial charge in [0.2, 0.25) is 0 Å². The molecule has 0 bridgehead atoms. The molecule has 114 valence electrons. The van der Waals surface area contributed by atoms with Crippen LogP contribution >= 0.6 is 11.3 Å². The highest BCUT2D eigenvalue weighted by Crippen LogP contribution is 2.29. The van der Waals surface area contributed by atoms with E-state index in [1.54, 1.807) is 24.8 Å². The van der Waals surface area contributed by atoms with Gasteiger partial charge in [-0.05, 0) is 6.92 Å². The molecule has 0 aliphatic heterocycles. The quantitative estimate of drug-likeness (QED) is 0.918. The summed E-state index contributed by atoms with van der Waals surface area (Å²) < 4.78 is 5.46. The molecular weight excluding hydrogens is 284 g/mol. The third-order valence-electron chi connectivity index (χ3n) is 3.06. The molecule has 21 heavy (non-hydrogen) atoms. The van der Waals surface area contributed by atoms with Gasteiger partial charge in [0.25, 0.3) is 0 Å². The maximum atomic E-state index is 5.46.